The molecule has 0 aromatic rings. The van der Waals surface area contributed by atoms with Crippen LogP contribution in [-0.2, 0) is 14.3 Å². The van der Waals surface area contributed by atoms with Crippen molar-refractivity contribution in [3.8, 4) is 0 Å². The summed E-state index contributed by atoms with van der Waals surface area (Å²) in [6.07, 6.45) is 2.28. The second-order valence-corrected chi connectivity index (χ2v) is 5.39. The van der Waals surface area contributed by atoms with E-state index in [-0.39, 0.29) is 11.3 Å². The van der Waals surface area contributed by atoms with E-state index in [1.54, 1.807) is 17.8 Å². The Balaban J connectivity index is 0.000000317. The minimum atomic E-state index is -0.418. The highest BCUT2D eigenvalue weighted by Gasteiger charge is 2.43. The van der Waals surface area contributed by atoms with Gasteiger partial charge in [-0.15, -0.1) is 11.8 Å². The highest BCUT2D eigenvalue weighted by molar-refractivity contribution is 8.00. The lowest BCUT2D eigenvalue weighted by Gasteiger charge is -2.42. The lowest BCUT2D eigenvalue weighted by Crippen LogP contribution is -2.53. The molecule has 1 saturated heterocycles. The Morgan fingerprint density at radius 1 is 1.53 bits per heavy atom. The van der Waals surface area contributed by atoms with Crippen molar-refractivity contribution >= 4 is 23.6 Å². The first-order chi connectivity index (χ1) is 7.97. The molecule has 0 aromatic heterocycles. The monoisotopic (exact) mass is 258 g/mol. The Kier molecular flexibility index (Phi) is 5.02. The topological polar surface area (TPSA) is 49.9 Å². The molecule has 0 spiro atoms. The van der Waals surface area contributed by atoms with Crippen LogP contribution in [0.1, 0.15) is 6.42 Å². The number of β-lactam (4-membered cyclic amide) rings is 1. The molecule has 96 valence electrons. The molecule has 1 amide bonds. The summed E-state index contributed by atoms with van der Waals surface area (Å²) < 4.78 is 4.58. The molecule has 17 heavy (non-hydrogen) atoms. The molecule has 5 nitrogen and oxygen atoms in total. The van der Waals surface area contributed by atoms with Crippen LogP contribution in [0.2, 0.25) is 0 Å². The van der Waals surface area contributed by atoms with Crippen molar-refractivity contribution in [2.75, 3.05) is 34.0 Å². The van der Waals surface area contributed by atoms with Gasteiger partial charge in [0, 0.05) is 5.75 Å². The van der Waals surface area contributed by atoms with Crippen molar-refractivity contribution in [3.63, 3.8) is 0 Å². The maximum atomic E-state index is 11.2. The molecule has 2 aliphatic heterocycles. The Morgan fingerprint density at radius 2 is 2.12 bits per heavy atom. The van der Waals surface area contributed by atoms with E-state index in [1.165, 1.54) is 12.0 Å². The fourth-order valence-corrected chi connectivity index (χ4v) is 2.55. The molecule has 0 unspecified atom stereocenters. The van der Waals surface area contributed by atoms with E-state index >= 15 is 0 Å². The van der Waals surface area contributed by atoms with Gasteiger partial charge in [0.1, 0.15) is 5.70 Å². The molecule has 0 aromatic carbocycles. The summed E-state index contributed by atoms with van der Waals surface area (Å²) in [6.45, 7) is 0. The van der Waals surface area contributed by atoms with Crippen molar-refractivity contribution in [2.24, 2.45) is 0 Å². The fourth-order valence-electron chi connectivity index (χ4n) is 1.43. The minimum Gasteiger partial charge on any atom is -0.464 e. The molecule has 1 fully saturated rings. The first kappa shape index (κ1) is 14.1. The van der Waals surface area contributed by atoms with E-state index in [1.807, 2.05) is 26.0 Å². The van der Waals surface area contributed by atoms with Crippen LogP contribution < -0.4 is 0 Å². The van der Waals surface area contributed by atoms with Gasteiger partial charge in [0.05, 0.1) is 18.9 Å². The molecular weight excluding hydrogens is 240 g/mol. The third-order valence-electron chi connectivity index (χ3n) is 2.13. The van der Waals surface area contributed by atoms with Gasteiger partial charge in [-0.05, 0) is 27.2 Å². The Morgan fingerprint density at radius 3 is 2.59 bits per heavy atom. The Labute approximate surface area is 106 Å². The van der Waals surface area contributed by atoms with Crippen molar-refractivity contribution < 1.29 is 14.3 Å². The molecule has 6 heteroatoms. The number of carbonyl (C=O) groups is 2. The van der Waals surface area contributed by atoms with Gasteiger partial charge in [-0.1, -0.05) is 0 Å². The standard InChI is InChI=1S/C8H9NO3S.C3H9N/c1-12-8(11)5-2-3-13-7-4-6(10)9(5)7;1-4(2)3/h2,7H,3-4H2,1H3;1-3H3/t7-;/m1./s1. The number of carbonyl (C=O) groups excluding carboxylic acids is 2. The van der Waals surface area contributed by atoms with Gasteiger partial charge in [-0.2, -0.15) is 0 Å². The zero-order valence-electron chi connectivity index (χ0n) is 10.6. The molecule has 1 atom stereocenters. The molecule has 2 aliphatic rings. The average molecular weight is 258 g/mol. The lowest BCUT2D eigenvalue weighted by molar-refractivity contribution is -0.147. The van der Waals surface area contributed by atoms with Crippen LogP contribution in [0.5, 0.6) is 0 Å². The predicted octanol–water partition coefficient (Wildman–Crippen LogP) is 0.526. The normalized spacial score (nSPS) is 21.9. The zero-order valence-corrected chi connectivity index (χ0v) is 11.4. The second kappa shape index (κ2) is 6.07. The predicted molar refractivity (Wildman–Crippen MR) is 67.4 cm³/mol. The summed E-state index contributed by atoms with van der Waals surface area (Å²) >= 11 is 1.67. The van der Waals surface area contributed by atoms with E-state index in [0.717, 1.165) is 5.75 Å². The number of hydrogen-bond donors (Lipinski definition) is 0. The molecule has 0 N–H and O–H groups in total. The van der Waals surface area contributed by atoms with Crippen LogP contribution in [0, 0.1) is 0 Å². The van der Waals surface area contributed by atoms with E-state index in [9.17, 15) is 9.59 Å². The van der Waals surface area contributed by atoms with Gasteiger partial charge in [0.2, 0.25) is 5.91 Å². The minimum absolute atomic E-state index is 0.00819. The highest BCUT2D eigenvalue weighted by Crippen LogP contribution is 2.36. The maximum absolute atomic E-state index is 11.2. The number of thioether (sulfide) groups is 1. The van der Waals surface area contributed by atoms with Crippen LogP contribution in [-0.4, -0.2) is 61.1 Å². The van der Waals surface area contributed by atoms with E-state index < -0.39 is 5.97 Å². The summed E-state index contributed by atoms with van der Waals surface area (Å²) in [5.74, 6) is 0.367. The van der Waals surface area contributed by atoms with Crippen LogP contribution in [0.15, 0.2) is 11.8 Å². The van der Waals surface area contributed by atoms with E-state index in [0.29, 0.717) is 12.1 Å². The van der Waals surface area contributed by atoms with Crippen molar-refractivity contribution in [1.82, 2.24) is 9.80 Å². The number of ether oxygens (including phenoxy) is 1. The van der Waals surface area contributed by atoms with Gasteiger partial charge in [0.25, 0.3) is 0 Å². The summed E-state index contributed by atoms with van der Waals surface area (Å²) in [7, 11) is 7.32. The second-order valence-electron chi connectivity index (χ2n) is 4.18. The Bertz CT molecular complexity index is 339. The maximum Gasteiger partial charge on any atom is 0.354 e. The summed E-state index contributed by atoms with van der Waals surface area (Å²) in [4.78, 5) is 25.9. The molecule has 0 bridgehead atoms. The summed E-state index contributed by atoms with van der Waals surface area (Å²) in [6, 6.07) is 0. The summed E-state index contributed by atoms with van der Waals surface area (Å²) in [5.41, 5.74) is 0.405. The quantitative estimate of drug-likeness (QED) is 0.507. The number of hydrogen-bond acceptors (Lipinski definition) is 5. The molecule has 0 radical (unpaired) electrons. The fraction of sp³-hybridized carbons (Fsp3) is 0.636. The van der Waals surface area contributed by atoms with Crippen LogP contribution >= 0.6 is 11.8 Å². The highest BCUT2D eigenvalue weighted by atomic mass is 32.2. The van der Waals surface area contributed by atoms with Crippen LogP contribution in [0.25, 0.3) is 0 Å². The smallest absolute Gasteiger partial charge is 0.354 e. The Hall–Kier alpha value is -1.01. The van der Waals surface area contributed by atoms with Crippen LogP contribution in [0.3, 0.4) is 0 Å². The number of amides is 1. The summed E-state index contributed by atoms with van der Waals surface area (Å²) in [5, 5.41) is 0.159. The number of methoxy groups -OCH3 is 1. The van der Waals surface area contributed by atoms with Gasteiger partial charge < -0.3 is 9.64 Å². The number of rotatable bonds is 1. The molecular formula is C11H18N2O3S. The molecule has 2 rings (SSSR count). The van der Waals surface area contributed by atoms with Gasteiger partial charge >= 0.3 is 5.97 Å². The number of fused-ring (bicyclic) bond motifs is 1. The van der Waals surface area contributed by atoms with Crippen molar-refractivity contribution in [1.29, 1.82) is 0 Å². The third kappa shape index (κ3) is 3.47. The molecule has 2 heterocycles. The molecule has 0 aliphatic carbocycles. The van der Waals surface area contributed by atoms with Gasteiger partial charge in [-0.25, -0.2) is 4.79 Å². The SMILES string of the molecule is CN(C)C.COC(=O)C1=CCS[C@@H]2CC(=O)N12. The van der Waals surface area contributed by atoms with Crippen LogP contribution in [0.4, 0.5) is 0 Å². The largest absolute Gasteiger partial charge is 0.464 e. The van der Waals surface area contributed by atoms with Gasteiger partial charge in [0.15, 0.2) is 0 Å². The number of esters is 1. The first-order valence-electron chi connectivity index (χ1n) is 5.30. The van der Waals surface area contributed by atoms with E-state index in [2.05, 4.69) is 4.74 Å². The molecule has 0 saturated carbocycles. The lowest BCUT2D eigenvalue weighted by atomic mass is 10.1. The number of nitrogens with zero attached hydrogens (tertiary/aromatic N) is 2. The first-order valence-corrected chi connectivity index (χ1v) is 6.35. The third-order valence-corrected chi connectivity index (χ3v) is 3.25. The van der Waals surface area contributed by atoms with Crippen molar-refractivity contribution in [3.05, 3.63) is 11.8 Å². The van der Waals surface area contributed by atoms with Crippen molar-refractivity contribution in [2.45, 2.75) is 11.8 Å². The van der Waals surface area contributed by atoms with Gasteiger partial charge in [-0.3, -0.25) is 9.69 Å². The zero-order chi connectivity index (χ0) is 13.0. The average Bonchev–Trinajstić information content (AvgIpc) is 2.25. The van der Waals surface area contributed by atoms with E-state index in [4.69, 9.17) is 0 Å².